The first kappa shape index (κ1) is 14.0. The quantitative estimate of drug-likeness (QED) is 0.831. The topological polar surface area (TPSA) is 32.3 Å². The molecule has 1 saturated heterocycles. The summed E-state index contributed by atoms with van der Waals surface area (Å²) in [5, 5.41) is 0. The highest BCUT2D eigenvalue weighted by Gasteiger charge is 2.28. The zero-order valence-corrected chi connectivity index (χ0v) is 12.7. The van der Waals surface area contributed by atoms with Crippen LogP contribution in [0.1, 0.15) is 19.3 Å². The molecule has 2 heterocycles. The van der Waals surface area contributed by atoms with E-state index in [9.17, 15) is 0 Å². The van der Waals surface area contributed by atoms with Gasteiger partial charge in [-0.05, 0) is 28.8 Å². The van der Waals surface area contributed by atoms with Gasteiger partial charge in [-0.1, -0.05) is 6.42 Å². The summed E-state index contributed by atoms with van der Waals surface area (Å²) in [7, 11) is 0. The van der Waals surface area contributed by atoms with Crippen LogP contribution < -0.4 is 4.90 Å². The van der Waals surface area contributed by atoms with Crippen molar-refractivity contribution >= 4 is 34.3 Å². The summed E-state index contributed by atoms with van der Waals surface area (Å²) < 4.78 is 0.939. The summed E-state index contributed by atoms with van der Waals surface area (Å²) in [6, 6.07) is 0.864. The van der Waals surface area contributed by atoms with Crippen LogP contribution in [0, 0.1) is 0 Å². The van der Waals surface area contributed by atoms with Crippen LogP contribution in [0.2, 0.25) is 0 Å². The van der Waals surface area contributed by atoms with Gasteiger partial charge in [0.25, 0.3) is 0 Å². The van der Waals surface area contributed by atoms with Crippen molar-refractivity contribution in [2.45, 2.75) is 25.3 Å². The first-order chi connectivity index (χ1) is 8.33. The fraction of sp³-hybridized carbons (Fsp3) is 0.667. The highest BCUT2D eigenvalue weighted by atomic mass is 79.9. The summed E-state index contributed by atoms with van der Waals surface area (Å²) in [4.78, 5) is 13.6. The average Bonchev–Trinajstić information content (AvgIpc) is 2.29. The van der Waals surface area contributed by atoms with Gasteiger partial charge in [0, 0.05) is 44.6 Å². The van der Waals surface area contributed by atoms with Crippen molar-refractivity contribution in [3.63, 3.8) is 0 Å². The summed E-state index contributed by atoms with van der Waals surface area (Å²) in [6.45, 7) is 4.42. The van der Waals surface area contributed by atoms with Gasteiger partial charge in [-0.2, -0.15) is 0 Å². The zero-order chi connectivity index (χ0) is 11.7. The summed E-state index contributed by atoms with van der Waals surface area (Å²) in [6.07, 6.45) is 7.85. The maximum absolute atomic E-state index is 4.36. The molecule has 2 fully saturated rings. The fourth-order valence-electron chi connectivity index (χ4n) is 2.51. The molecule has 1 aliphatic heterocycles. The van der Waals surface area contributed by atoms with Gasteiger partial charge in [0.15, 0.2) is 0 Å². The van der Waals surface area contributed by atoms with Crippen molar-refractivity contribution in [1.29, 1.82) is 0 Å². The molecule has 0 aromatic carbocycles. The minimum absolute atomic E-state index is 0. The predicted octanol–water partition coefficient (Wildman–Crippen LogP) is 2.34. The molecule has 1 aromatic rings. The van der Waals surface area contributed by atoms with Gasteiger partial charge < -0.3 is 4.90 Å². The molecule has 6 heteroatoms. The summed E-state index contributed by atoms with van der Waals surface area (Å²) in [5.41, 5.74) is 0. The standard InChI is InChI=1S/C12H17BrN4.ClH/c13-10-8-14-12(15-9-10)17-6-4-16(5-7-17)11-2-1-3-11;/h8-9,11H,1-7H2;1H. The van der Waals surface area contributed by atoms with Crippen LogP contribution in [-0.2, 0) is 0 Å². The minimum Gasteiger partial charge on any atom is -0.338 e. The van der Waals surface area contributed by atoms with Crippen LogP contribution in [0.3, 0.4) is 0 Å². The maximum atomic E-state index is 4.36. The third-order valence-corrected chi connectivity index (χ3v) is 4.20. The normalized spacial score (nSPS) is 21.3. The molecule has 2 aliphatic rings. The largest absolute Gasteiger partial charge is 0.338 e. The molecular weight excluding hydrogens is 316 g/mol. The van der Waals surface area contributed by atoms with Gasteiger partial charge in [0.2, 0.25) is 5.95 Å². The van der Waals surface area contributed by atoms with E-state index in [0.717, 1.165) is 42.6 Å². The van der Waals surface area contributed by atoms with Crippen LogP contribution in [0.4, 0.5) is 5.95 Å². The van der Waals surface area contributed by atoms with Crippen LogP contribution in [0.5, 0.6) is 0 Å². The maximum Gasteiger partial charge on any atom is 0.225 e. The lowest BCUT2D eigenvalue weighted by atomic mass is 9.91. The molecule has 0 spiro atoms. The van der Waals surface area contributed by atoms with Crippen molar-refractivity contribution in [2.75, 3.05) is 31.1 Å². The van der Waals surface area contributed by atoms with E-state index in [-0.39, 0.29) is 12.4 Å². The number of hydrogen-bond donors (Lipinski definition) is 0. The van der Waals surface area contributed by atoms with Gasteiger partial charge in [-0.25, -0.2) is 9.97 Å². The Morgan fingerprint density at radius 1 is 1.06 bits per heavy atom. The van der Waals surface area contributed by atoms with E-state index in [1.165, 1.54) is 19.3 Å². The SMILES string of the molecule is Brc1cnc(N2CCN(C3CCC3)CC2)nc1.Cl. The highest BCUT2D eigenvalue weighted by molar-refractivity contribution is 9.10. The van der Waals surface area contributed by atoms with E-state index in [0.29, 0.717) is 0 Å². The lowest BCUT2D eigenvalue weighted by Gasteiger charge is -2.42. The fourth-order valence-corrected chi connectivity index (χ4v) is 2.71. The third kappa shape index (κ3) is 2.95. The Morgan fingerprint density at radius 3 is 2.17 bits per heavy atom. The summed E-state index contributed by atoms with van der Waals surface area (Å²) in [5.74, 6) is 0.862. The number of anilines is 1. The van der Waals surface area contributed by atoms with Crippen molar-refractivity contribution in [1.82, 2.24) is 14.9 Å². The van der Waals surface area contributed by atoms with E-state index in [4.69, 9.17) is 0 Å². The van der Waals surface area contributed by atoms with Crippen molar-refractivity contribution in [3.8, 4) is 0 Å². The van der Waals surface area contributed by atoms with Crippen LogP contribution in [0.15, 0.2) is 16.9 Å². The molecule has 1 saturated carbocycles. The highest BCUT2D eigenvalue weighted by Crippen LogP contribution is 2.26. The Balaban J connectivity index is 0.00000120. The van der Waals surface area contributed by atoms with Crippen LogP contribution in [-0.4, -0.2) is 47.1 Å². The Kier molecular flexibility index (Phi) is 4.81. The number of nitrogens with zero attached hydrogens (tertiary/aromatic N) is 4. The van der Waals surface area contributed by atoms with E-state index < -0.39 is 0 Å². The molecule has 0 radical (unpaired) electrons. The Hall–Kier alpha value is -0.390. The van der Waals surface area contributed by atoms with Crippen LogP contribution in [0.25, 0.3) is 0 Å². The number of rotatable bonds is 2. The molecule has 1 aliphatic carbocycles. The Morgan fingerprint density at radius 2 is 1.67 bits per heavy atom. The first-order valence-corrected chi connectivity index (χ1v) is 7.09. The molecule has 4 nitrogen and oxygen atoms in total. The van der Waals surface area contributed by atoms with E-state index in [2.05, 4.69) is 35.7 Å². The lowest BCUT2D eigenvalue weighted by Crippen LogP contribution is -2.52. The van der Waals surface area contributed by atoms with E-state index in [1.807, 2.05) is 12.4 Å². The molecule has 18 heavy (non-hydrogen) atoms. The van der Waals surface area contributed by atoms with Gasteiger partial charge in [-0.15, -0.1) is 12.4 Å². The molecule has 0 N–H and O–H groups in total. The van der Waals surface area contributed by atoms with Gasteiger partial charge in [-0.3, -0.25) is 4.90 Å². The van der Waals surface area contributed by atoms with Gasteiger partial charge in [0.1, 0.15) is 0 Å². The molecule has 0 amide bonds. The Bertz CT molecular complexity index is 374. The first-order valence-electron chi connectivity index (χ1n) is 6.29. The average molecular weight is 334 g/mol. The number of hydrogen-bond acceptors (Lipinski definition) is 4. The van der Waals surface area contributed by atoms with Crippen molar-refractivity contribution in [2.24, 2.45) is 0 Å². The number of piperazine rings is 1. The smallest absolute Gasteiger partial charge is 0.225 e. The van der Waals surface area contributed by atoms with E-state index in [1.54, 1.807) is 0 Å². The molecule has 100 valence electrons. The molecule has 0 unspecified atom stereocenters. The van der Waals surface area contributed by atoms with Crippen molar-refractivity contribution in [3.05, 3.63) is 16.9 Å². The predicted molar refractivity (Wildman–Crippen MR) is 78.4 cm³/mol. The van der Waals surface area contributed by atoms with Crippen LogP contribution >= 0.6 is 28.3 Å². The zero-order valence-electron chi connectivity index (χ0n) is 10.3. The molecule has 0 atom stereocenters. The molecule has 3 rings (SSSR count). The van der Waals surface area contributed by atoms with Crippen molar-refractivity contribution < 1.29 is 0 Å². The Labute approximate surface area is 122 Å². The number of halogens is 2. The molecule has 1 aromatic heterocycles. The molecule has 0 bridgehead atoms. The lowest BCUT2D eigenvalue weighted by molar-refractivity contribution is 0.120. The summed E-state index contributed by atoms with van der Waals surface area (Å²) >= 11 is 3.36. The monoisotopic (exact) mass is 332 g/mol. The second-order valence-corrected chi connectivity index (χ2v) is 5.72. The second-order valence-electron chi connectivity index (χ2n) is 4.81. The minimum atomic E-state index is 0. The van der Waals surface area contributed by atoms with Gasteiger partial charge >= 0.3 is 0 Å². The van der Waals surface area contributed by atoms with Gasteiger partial charge in [0.05, 0.1) is 4.47 Å². The molecular formula is C12H18BrClN4. The second kappa shape index (κ2) is 6.17. The van der Waals surface area contributed by atoms with E-state index >= 15 is 0 Å². The number of aromatic nitrogens is 2. The third-order valence-electron chi connectivity index (χ3n) is 3.79.